The number of morpholine rings is 2. The number of fused-ring (bicyclic) bond motifs is 2. The zero-order chi connectivity index (χ0) is 43.1. The van der Waals surface area contributed by atoms with Gasteiger partial charge in [-0.3, -0.25) is 14.8 Å². The summed E-state index contributed by atoms with van der Waals surface area (Å²) in [5.74, 6) is 3.22. The van der Waals surface area contributed by atoms with E-state index in [1.54, 1.807) is 31.4 Å². The third kappa shape index (κ3) is 9.42. The number of carbonyl (C=O) groups is 2. The van der Waals surface area contributed by atoms with Crippen molar-refractivity contribution in [2.24, 2.45) is 0 Å². The molecule has 0 atom stereocenters. The second-order valence-electron chi connectivity index (χ2n) is 15.5. The Morgan fingerprint density at radius 3 is 2.08 bits per heavy atom. The molecule has 4 N–H and O–H groups in total. The largest absolute Gasteiger partial charge is 0.508 e. The first-order chi connectivity index (χ1) is 30.9. The molecule has 63 heavy (non-hydrogen) atoms. The summed E-state index contributed by atoms with van der Waals surface area (Å²) in [6.45, 7) is 7.80. The van der Waals surface area contributed by atoms with E-state index in [9.17, 15) is 14.7 Å². The van der Waals surface area contributed by atoms with Crippen LogP contribution < -0.4 is 20.4 Å². The minimum atomic E-state index is -0.274. The average molecular weight is 852 g/mol. The summed E-state index contributed by atoms with van der Waals surface area (Å²) < 4.78 is 13.0. The molecule has 18 nitrogen and oxygen atoms in total. The zero-order valence-electron chi connectivity index (χ0n) is 35.0. The van der Waals surface area contributed by atoms with E-state index < -0.39 is 0 Å². The maximum absolute atomic E-state index is 12.7. The number of hydrogen-bond acceptors (Lipinski definition) is 14. The van der Waals surface area contributed by atoms with Crippen LogP contribution in [0.1, 0.15) is 29.2 Å². The number of aromatic hydroxyl groups is 1. The quantitative estimate of drug-likeness (QED) is 0.139. The van der Waals surface area contributed by atoms with E-state index in [0.29, 0.717) is 56.0 Å². The summed E-state index contributed by atoms with van der Waals surface area (Å²) in [5.41, 5.74) is 4.56. The van der Waals surface area contributed by atoms with Gasteiger partial charge in [0, 0.05) is 68.7 Å². The topological polar surface area (TPSA) is 205 Å². The monoisotopic (exact) mass is 851 g/mol. The summed E-state index contributed by atoms with van der Waals surface area (Å²) in [5, 5.41) is 28.6. The van der Waals surface area contributed by atoms with Gasteiger partial charge in [-0.15, -0.1) is 0 Å². The SMILES string of the molecule is CNC(=O)Nc1ccc(-c2nc(N3CCOCC3)c3cnn(C4CCN(CC(=O)c5ccccc5)CC4)c3n2)cc1.Oc1cccc(-c2nc(N3CCOCC3)c3cn[nH]c3n2)c1. The molecule has 0 bridgehead atoms. The summed E-state index contributed by atoms with van der Waals surface area (Å²) in [7, 11) is 1.58. The fourth-order valence-corrected chi connectivity index (χ4v) is 8.07. The van der Waals surface area contributed by atoms with Gasteiger partial charge in [-0.05, 0) is 49.2 Å². The highest BCUT2D eigenvalue weighted by Crippen LogP contribution is 2.33. The van der Waals surface area contributed by atoms with Crippen molar-refractivity contribution in [1.82, 2.24) is 50.1 Å². The first-order valence-electron chi connectivity index (χ1n) is 21.2. The Bertz CT molecular complexity index is 2670. The van der Waals surface area contributed by atoms with E-state index >= 15 is 0 Å². The van der Waals surface area contributed by atoms with Gasteiger partial charge < -0.3 is 35.0 Å². The lowest BCUT2D eigenvalue weighted by atomic mass is 10.0. The number of aromatic amines is 1. The Kier molecular flexibility index (Phi) is 12.4. The number of rotatable bonds is 9. The van der Waals surface area contributed by atoms with Gasteiger partial charge >= 0.3 is 6.03 Å². The third-order valence-electron chi connectivity index (χ3n) is 11.4. The molecule has 0 saturated carbocycles. The Hall–Kier alpha value is -7.02. The number of urea groups is 1. The third-order valence-corrected chi connectivity index (χ3v) is 11.4. The van der Waals surface area contributed by atoms with Gasteiger partial charge in [0.15, 0.2) is 28.7 Å². The summed E-state index contributed by atoms with van der Waals surface area (Å²) in [4.78, 5) is 50.3. The predicted molar refractivity (Wildman–Crippen MR) is 239 cm³/mol. The fraction of sp³-hybridized carbons (Fsp3) is 0.333. The van der Waals surface area contributed by atoms with Crippen LogP contribution in [-0.2, 0) is 9.47 Å². The van der Waals surface area contributed by atoms with Crippen molar-refractivity contribution in [3.63, 3.8) is 0 Å². The number of benzene rings is 3. The second-order valence-corrected chi connectivity index (χ2v) is 15.5. The van der Waals surface area contributed by atoms with Gasteiger partial charge in [0.05, 0.1) is 62.2 Å². The van der Waals surface area contributed by atoms with Crippen LogP contribution in [0.2, 0.25) is 0 Å². The van der Waals surface area contributed by atoms with Crippen molar-refractivity contribution in [1.29, 1.82) is 0 Å². The van der Waals surface area contributed by atoms with Crippen LogP contribution in [0.5, 0.6) is 5.75 Å². The molecule has 7 aromatic rings. The summed E-state index contributed by atoms with van der Waals surface area (Å²) in [6.07, 6.45) is 5.38. The number of likely N-dealkylation sites (tertiary alicyclic amines) is 1. The number of ether oxygens (including phenoxy) is 2. The standard InChI is InChI=1S/C30H34N8O3.C15H15N5O2/c1-31-30(40)33-23-9-7-22(8-10-23)27-34-28(37-15-17-41-18-16-37)25-19-32-38(29(25)35-27)24-11-13-36(14-12-24)20-26(39)21-5-3-2-4-6-21;21-11-3-1-2-10(8-11)13-17-14-12(9-16-19-14)15(18-13)20-4-6-22-7-5-20/h2-10,19,24H,11-18,20H2,1H3,(H2,31,33,40);1-3,8-9,21H,4-7H2,(H,16,17,18,19). The van der Waals surface area contributed by atoms with Crippen LogP contribution in [0.25, 0.3) is 44.8 Å². The number of carbonyl (C=O) groups excluding carboxylic acids is 2. The van der Waals surface area contributed by atoms with E-state index in [1.807, 2.05) is 71.5 Å². The summed E-state index contributed by atoms with van der Waals surface area (Å²) in [6, 6.07) is 23.8. The molecule has 3 saturated heterocycles. The number of nitrogens with zero attached hydrogens (tertiary/aromatic N) is 10. The van der Waals surface area contributed by atoms with Gasteiger partial charge in [0.25, 0.3) is 0 Å². The number of ketones is 1. The Morgan fingerprint density at radius 2 is 1.41 bits per heavy atom. The van der Waals surface area contributed by atoms with E-state index in [-0.39, 0.29) is 23.6 Å². The van der Waals surface area contributed by atoms with Crippen molar-refractivity contribution < 1.29 is 24.2 Å². The Labute approximate surface area is 363 Å². The van der Waals surface area contributed by atoms with Crippen molar-refractivity contribution in [2.75, 3.05) is 94.4 Å². The second kappa shape index (κ2) is 18.9. The number of aromatic nitrogens is 8. The highest BCUT2D eigenvalue weighted by atomic mass is 16.5. The molecule has 0 aliphatic carbocycles. The normalized spacial score (nSPS) is 16.1. The highest BCUT2D eigenvalue weighted by Gasteiger charge is 2.27. The van der Waals surface area contributed by atoms with Gasteiger partial charge in [-0.1, -0.05) is 42.5 Å². The highest BCUT2D eigenvalue weighted by molar-refractivity contribution is 5.97. The molecule has 7 heterocycles. The van der Waals surface area contributed by atoms with Crippen molar-refractivity contribution in [3.05, 3.63) is 96.8 Å². The average Bonchev–Trinajstić information content (AvgIpc) is 4.00. The van der Waals surface area contributed by atoms with Gasteiger partial charge in [0.1, 0.15) is 17.4 Å². The maximum Gasteiger partial charge on any atom is 0.318 e. The Balaban J connectivity index is 0.000000192. The van der Waals surface area contributed by atoms with Crippen LogP contribution in [0.4, 0.5) is 22.1 Å². The number of nitrogens with one attached hydrogen (secondary N) is 3. The minimum absolute atomic E-state index is 0.151. The molecule has 0 spiro atoms. The molecule has 0 radical (unpaired) electrons. The lowest BCUT2D eigenvalue weighted by molar-refractivity contribution is 0.0896. The number of anilines is 3. The zero-order valence-corrected chi connectivity index (χ0v) is 35.0. The molecular formula is C45H49N13O5. The molecular weight excluding hydrogens is 803 g/mol. The number of amides is 2. The van der Waals surface area contributed by atoms with E-state index in [1.165, 1.54) is 0 Å². The molecule has 10 rings (SSSR count). The molecule has 3 fully saturated rings. The molecule has 3 aliphatic rings. The van der Waals surface area contributed by atoms with Gasteiger partial charge in [-0.25, -0.2) is 29.4 Å². The number of piperidine rings is 1. The van der Waals surface area contributed by atoms with Crippen molar-refractivity contribution in [2.45, 2.75) is 18.9 Å². The molecule has 3 aromatic carbocycles. The molecule has 2 amide bonds. The molecule has 4 aromatic heterocycles. The molecule has 0 unspecified atom stereocenters. The number of Topliss-reactive ketones (excluding diaryl/α,β-unsaturated/α-hetero) is 1. The van der Waals surface area contributed by atoms with Crippen LogP contribution in [0, 0.1) is 0 Å². The number of H-pyrrole nitrogens is 1. The predicted octanol–water partition coefficient (Wildman–Crippen LogP) is 5.16. The molecule has 18 heteroatoms. The lowest BCUT2D eigenvalue weighted by Gasteiger charge is -2.32. The minimum Gasteiger partial charge on any atom is -0.508 e. The Morgan fingerprint density at radius 1 is 0.746 bits per heavy atom. The fourth-order valence-electron chi connectivity index (χ4n) is 8.07. The number of phenols is 1. The van der Waals surface area contributed by atoms with Crippen LogP contribution in [0.3, 0.4) is 0 Å². The van der Waals surface area contributed by atoms with E-state index in [2.05, 4.69) is 40.5 Å². The summed E-state index contributed by atoms with van der Waals surface area (Å²) >= 11 is 0. The first-order valence-corrected chi connectivity index (χ1v) is 21.2. The van der Waals surface area contributed by atoms with Gasteiger partial charge in [-0.2, -0.15) is 10.2 Å². The first kappa shape index (κ1) is 41.3. The van der Waals surface area contributed by atoms with Gasteiger partial charge in [0.2, 0.25) is 0 Å². The van der Waals surface area contributed by atoms with Crippen molar-refractivity contribution >= 4 is 51.2 Å². The number of phenolic OH excluding ortho intramolecular Hbond substituents is 1. The van der Waals surface area contributed by atoms with Crippen LogP contribution >= 0.6 is 0 Å². The van der Waals surface area contributed by atoms with E-state index in [4.69, 9.17) is 29.5 Å². The van der Waals surface area contributed by atoms with E-state index in [0.717, 1.165) is 96.9 Å². The van der Waals surface area contributed by atoms with Crippen LogP contribution in [-0.4, -0.2) is 141 Å². The maximum atomic E-state index is 12.7. The number of hydrogen-bond donors (Lipinski definition) is 4. The lowest BCUT2D eigenvalue weighted by Crippen LogP contribution is -2.38. The van der Waals surface area contributed by atoms with Crippen molar-refractivity contribution in [3.8, 4) is 28.5 Å². The molecule has 324 valence electrons. The molecule has 3 aliphatic heterocycles. The smallest absolute Gasteiger partial charge is 0.318 e. The van der Waals surface area contributed by atoms with Crippen LogP contribution in [0.15, 0.2) is 91.3 Å².